The molecule has 24 heavy (non-hydrogen) atoms. The molecule has 4 aromatic rings. The Morgan fingerprint density at radius 2 is 1.96 bits per heavy atom. The molecule has 0 atom stereocenters. The third kappa shape index (κ3) is 3.02. The molecule has 0 aliphatic carbocycles. The number of pyridine rings is 1. The van der Waals surface area contributed by atoms with Crippen LogP contribution in [0.4, 0.5) is 0 Å². The van der Waals surface area contributed by atoms with E-state index in [1.165, 1.54) is 11.1 Å². The second-order valence-electron chi connectivity index (χ2n) is 5.46. The van der Waals surface area contributed by atoms with Gasteiger partial charge >= 0.3 is 0 Å². The number of hydrogen-bond donors (Lipinski definition) is 1. The van der Waals surface area contributed by atoms with Gasteiger partial charge in [-0.25, -0.2) is 15.0 Å². The Kier molecular flexibility index (Phi) is 4.00. The van der Waals surface area contributed by atoms with Crippen LogP contribution in [-0.2, 0) is 6.42 Å². The molecule has 4 rings (SSSR count). The average Bonchev–Trinajstić information content (AvgIpc) is 3.17. The molecule has 7 heteroatoms. The number of nitrogens with zero attached hydrogens (tertiary/aromatic N) is 3. The van der Waals surface area contributed by atoms with Gasteiger partial charge < -0.3 is 4.98 Å². The fourth-order valence-electron chi connectivity index (χ4n) is 2.49. The Morgan fingerprint density at radius 1 is 1.08 bits per heavy atom. The molecule has 0 radical (unpaired) electrons. The quantitative estimate of drug-likeness (QED) is 0.495. The van der Waals surface area contributed by atoms with Crippen molar-refractivity contribution in [3.63, 3.8) is 0 Å². The molecule has 3 heterocycles. The van der Waals surface area contributed by atoms with Crippen molar-refractivity contribution in [2.75, 3.05) is 0 Å². The molecule has 1 aromatic carbocycles. The number of halogens is 2. The van der Waals surface area contributed by atoms with Gasteiger partial charge in [-0.05, 0) is 42.3 Å². The van der Waals surface area contributed by atoms with Crippen molar-refractivity contribution in [3.05, 3.63) is 62.0 Å². The number of benzene rings is 1. The Labute approximate surface area is 152 Å². The Morgan fingerprint density at radius 3 is 2.83 bits per heavy atom. The highest BCUT2D eigenvalue weighted by molar-refractivity contribution is 7.10. The summed E-state index contributed by atoms with van der Waals surface area (Å²) in [5.41, 5.74) is 4.64. The first kappa shape index (κ1) is 15.6. The van der Waals surface area contributed by atoms with E-state index in [2.05, 4.69) is 26.9 Å². The lowest BCUT2D eigenvalue weighted by Gasteiger charge is -2.03. The number of aromatic nitrogens is 4. The van der Waals surface area contributed by atoms with E-state index in [0.29, 0.717) is 16.6 Å². The predicted molar refractivity (Wildman–Crippen MR) is 99.0 cm³/mol. The minimum Gasteiger partial charge on any atom is -0.335 e. The summed E-state index contributed by atoms with van der Waals surface area (Å²) in [7, 11) is 0. The zero-order valence-electron chi connectivity index (χ0n) is 12.7. The van der Waals surface area contributed by atoms with Crippen molar-refractivity contribution >= 4 is 45.7 Å². The number of aryl methyl sites for hydroxylation is 1. The van der Waals surface area contributed by atoms with Crippen molar-refractivity contribution in [1.82, 2.24) is 19.9 Å². The van der Waals surface area contributed by atoms with E-state index in [9.17, 15) is 0 Å². The van der Waals surface area contributed by atoms with E-state index < -0.39 is 0 Å². The molecule has 0 amide bonds. The number of imidazole rings is 1. The van der Waals surface area contributed by atoms with Crippen LogP contribution in [0.5, 0.6) is 0 Å². The molecule has 4 nitrogen and oxygen atoms in total. The minimum atomic E-state index is 0.427. The van der Waals surface area contributed by atoms with Crippen LogP contribution < -0.4 is 0 Å². The maximum absolute atomic E-state index is 6.09. The van der Waals surface area contributed by atoms with E-state index in [1.807, 2.05) is 29.6 Å². The molecule has 3 aromatic heterocycles. The molecule has 0 saturated heterocycles. The van der Waals surface area contributed by atoms with Crippen LogP contribution in [0.2, 0.25) is 10.2 Å². The average molecular weight is 375 g/mol. The van der Waals surface area contributed by atoms with Gasteiger partial charge in [0.25, 0.3) is 0 Å². The SMILES string of the molecule is Cc1ccc(Cl)cc1Cc1nc(-c2nc3nc(Cl)ccc3[nH]2)cs1. The first-order valence-electron chi connectivity index (χ1n) is 7.30. The molecule has 0 fully saturated rings. The van der Waals surface area contributed by atoms with Crippen LogP contribution in [0.3, 0.4) is 0 Å². The van der Waals surface area contributed by atoms with Crippen LogP contribution >= 0.6 is 34.5 Å². The molecule has 0 spiro atoms. The highest BCUT2D eigenvalue weighted by Gasteiger charge is 2.12. The predicted octanol–water partition coefficient (Wildman–Crippen LogP) is 5.29. The molecule has 0 aliphatic heterocycles. The summed E-state index contributed by atoms with van der Waals surface area (Å²) in [6.07, 6.45) is 0.751. The van der Waals surface area contributed by atoms with Crippen LogP contribution in [-0.4, -0.2) is 19.9 Å². The number of nitrogens with one attached hydrogen (secondary N) is 1. The third-order valence-electron chi connectivity index (χ3n) is 3.76. The lowest BCUT2D eigenvalue weighted by atomic mass is 10.1. The Bertz CT molecular complexity index is 1040. The van der Waals surface area contributed by atoms with E-state index in [4.69, 9.17) is 23.2 Å². The third-order valence-corrected chi connectivity index (χ3v) is 5.05. The van der Waals surface area contributed by atoms with Crippen molar-refractivity contribution in [2.24, 2.45) is 0 Å². The molecule has 1 N–H and O–H groups in total. The summed E-state index contributed by atoms with van der Waals surface area (Å²) in [6, 6.07) is 9.52. The number of rotatable bonds is 3. The van der Waals surface area contributed by atoms with Gasteiger partial charge in [0.1, 0.15) is 10.8 Å². The maximum Gasteiger partial charge on any atom is 0.179 e. The number of aromatic amines is 1. The lowest BCUT2D eigenvalue weighted by molar-refractivity contribution is 1.11. The molecule has 0 unspecified atom stereocenters. The first-order valence-corrected chi connectivity index (χ1v) is 8.94. The number of thiazole rings is 1. The highest BCUT2D eigenvalue weighted by atomic mass is 35.5. The smallest absolute Gasteiger partial charge is 0.179 e. The van der Waals surface area contributed by atoms with Crippen molar-refractivity contribution in [3.8, 4) is 11.5 Å². The molecule has 0 bridgehead atoms. The summed E-state index contributed by atoms with van der Waals surface area (Å²) in [5.74, 6) is 0.699. The molecular weight excluding hydrogens is 363 g/mol. The minimum absolute atomic E-state index is 0.427. The molecular formula is C17H12Cl2N4S. The van der Waals surface area contributed by atoms with E-state index in [0.717, 1.165) is 27.7 Å². The summed E-state index contributed by atoms with van der Waals surface area (Å²) < 4.78 is 0. The van der Waals surface area contributed by atoms with Gasteiger partial charge in [0.15, 0.2) is 11.5 Å². The van der Waals surface area contributed by atoms with E-state index in [-0.39, 0.29) is 0 Å². The standard InChI is InChI=1S/C17H12Cl2N4S/c1-9-2-3-11(18)6-10(9)7-15-20-13(8-24-15)17-21-12-4-5-14(19)22-16(12)23-17/h2-6,8H,7H2,1H3,(H,21,22,23). The molecule has 0 saturated carbocycles. The van der Waals surface area contributed by atoms with Crippen LogP contribution in [0, 0.1) is 6.92 Å². The van der Waals surface area contributed by atoms with Crippen molar-refractivity contribution in [2.45, 2.75) is 13.3 Å². The molecule has 120 valence electrons. The van der Waals surface area contributed by atoms with Gasteiger partial charge in [-0.1, -0.05) is 29.3 Å². The fourth-order valence-corrected chi connectivity index (χ4v) is 3.62. The van der Waals surface area contributed by atoms with Crippen LogP contribution in [0.15, 0.2) is 35.7 Å². The highest BCUT2D eigenvalue weighted by Crippen LogP contribution is 2.25. The van der Waals surface area contributed by atoms with Gasteiger partial charge in [0.2, 0.25) is 0 Å². The zero-order valence-corrected chi connectivity index (χ0v) is 15.0. The lowest BCUT2D eigenvalue weighted by Crippen LogP contribution is -1.91. The van der Waals surface area contributed by atoms with Gasteiger partial charge in [0, 0.05) is 16.8 Å². The summed E-state index contributed by atoms with van der Waals surface area (Å²) in [6.45, 7) is 2.08. The topological polar surface area (TPSA) is 54.5 Å². The van der Waals surface area contributed by atoms with Gasteiger partial charge in [-0.15, -0.1) is 11.3 Å². The number of fused-ring (bicyclic) bond motifs is 1. The van der Waals surface area contributed by atoms with Gasteiger partial charge in [-0.2, -0.15) is 0 Å². The first-order chi connectivity index (χ1) is 11.6. The summed E-state index contributed by atoms with van der Waals surface area (Å²) >= 11 is 13.6. The number of hydrogen-bond acceptors (Lipinski definition) is 4. The normalized spacial score (nSPS) is 11.3. The zero-order chi connectivity index (χ0) is 16.7. The van der Waals surface area contributed by atoms with Crippen molar-refractivity contribution in [1.29, 1.82) is 0 Å². The van der Waals surface area contributed by atoms with E-state index >= 15 is 0 Å². The summed E-state index contributed by atoms with van der Waals surface area (Å²) in [4.78, 5) is 16.6. The monoisotopic (exact) mass is 374 g/mol. The van der Waals surface area contributed by atoms with Crippen molar-refractivity contribution < 1.29 is 0 Å². The molecule has 0 aliphatic rings. The number of H-pyrrole nitrogens is 1. The largest absolute Gasteiger partial charge is 0.335 e. The second kappa shape index (κ2) is 6.16. The van der Waals surface area contributed by atoms with Gasteiger partial charge in [0.05, 0.1) is 10.5 Å². The van der Waals surface area contributed by atoms with Crippen LogP contribution in [0.1, 0.15) is 16.1 Å². The summed E-state index contributed by atoms with van der Waals surface area (Å²) in [5, 5.41) is 4.18. The second-order valence-corrected chi connectivity index (χ2v) is 7.23. The van der Waals surface area contributed by atoms with E-state index in [1.54, 1.807) is 17.4 Å². The van der Waals surface area contributed by atoms with Crippen LogP contribution in [0.25, 0.3) is 22.7 Å². The maximum atomic E-state index is 6.09. The fraction of sp³-hybridized carbons (Fsp3) is 0.118. The Balaban J connectivity index is 1.65. The van der Waals surface area contributed by atoms with Gasteiger partial charge in [-0.3, -0.25) is 0 Å². The Hall–Kier alpha value is -1.95.